The molecule has 3 aromatic carbocycles. The van der Waals surface area contributed by atoms with Crippen LogP contribution in [-0.2, 0) is 46.7 Å². The molecule has 0 aliphatic carbocycles. The van der Waals surface area contributed by atoms with Gasteiger partial charge in [-0.1, -0.05) is 99.8 Å². The van der Waals surface area contributed by atoms with Crippen molar-refractivity contribution in [2.24, 2.45) is 5.92 Å². The first-order valence-corrected chi connectivity index (χ1v) is 21.3. The minimum atomic E-state index is -1.37. The maximum atomic E-state index is 13.7. The predicted molar refractivity (Wildman–Crippen MR) is 235 cm³/mol. The second-order valence-corrected chi connectivity index (χ2v) is 15.7. The number of benzene rings is 3. The molecule has 15 nitrogen and oxygen atoms in total. The molecule has 1 aromatic heterocycles. The van der Waals surface area contributed by atoms with Crippen molar-refractivity contribution in [1.29, 1.82) is 0 Å². The van der Waals surface area contributed by atoms with Crippen LogP contribution in [0.4, 0.5) is 0 Å². The maximum Gasteiger partial charge on any atom is 0.329 e. The van der Waals surface area contributed by atoms with Crippen LogP contribution in [-0.4, -0.2) is 72.1 Å². The lowest BCUT2D eigenvalue weighted by molar-refractivity contribution is -0.200. The van der Waals surface area contributed by atoms with Crippen LogP contribution in [0.3, 0.4) is 0 Å². The van der Waals surface area contributed by atoms with Gasteiger partial charge in [-0.15, -0.1) is 0 Å². The van der Waals surface area contributed by atoms with Gasteiger partial charge < -0.3 is 34.6 Å². The lowest BCUT2D eigenvalue weighted by Crippen LogP contribution is -2.48. The standard InChI is InChI=1S/C48H60N4O11/c1-7-10-13-22-36(39(8-2)52(32-53)61-30-34-20-16-12-17-21-34)44(55)49-31-50-46(57)41-26-25-40(62-41)35-23-24-37(42(27-35)59-9-3)45(56)51-38(47(58)63-48(4,5)6)28-43(54)60-29-33-18-14-11-15-19-33/h11-12,14-21,23-27,32,36,38-39H,7-10,13,22,28-31H2,1-6H3,(H,49,55)(H,50,57)(H,51,56)/t36?,38-,39?/m0/s1. The number of ether oxygens (including phenoxy) is 3. The van der Waals surface area contributed by atoms with Crippen molar-refractivity contribution in [3.63, 3.8) is 0 Å². The number of hydrogen-bond donors (Lipinski definition) is 3. The molecule has 4 amide bonds. The van der Waals surface area contributed by atoms with Crippen LogP contribution in [0.1, 0.15) is 112 Å². The van der Waals surface area contributed by atoms with E-state index in [2.05, 4.69) is 22.9 Å². The van der Waals surface area contributed by atoms with Crippen LogP contribution in [0.15, 0.2) is 95.4 Å². The summed E-state index contributed by atoms with van der Waals surface area (Å²) in [5.41, 5.74) is 1.30. The Morgan fingerprint density at radius 3 is 2.11 bits per heavy atom. The largest absolute Gasteiger partial charge is 0.493 e. The third kappa shape index (κ3) is 15.7. The second kappa shape index (κ2) is 24.8. The zero-order valence-corrected chi connectivity index (χ0v) is 37.0. The lowest BCUT2D eigenvalue weighted by atomic mass is 9.90. The van der Waals surface area contributed by atoms with E-state index in [1.54, 1.807) is 58.0 Å². The van der Waals surface area contributed by atoms with Crippen LogP contribution in [0.5, 0.6) is 5.75 Å². The molecule has 4 rings (SSSR count). The highest BCUT2D eigenvalue weighted by molar-refractivity contribution is 6.00. The summed E-state index contributed by atoms with van der Waals surface area (Å²) in [6.07, 6.45) is 3.75. The lowest BCUT2D eigenvalue weighted by Gasteiger charge is -2.32. The Labute approximate surface area is 369 Å². The van der Waals surface area contributed by atoms with E-state index in [1.807, 2.05) is 55.5 Å². The Hall–Kier alpha value is -6.48. The minimum absolute atomic E-state index is 0.00878. The molecule has 4 aromatic rings. The maximum absolute atomic E-state index is 13.7. The summed E-state index contributed by atoms with van der Waals surface area (Å²) in [7, 11) is 0. The van der Waals surface area contributed by atoms with E-state index in [-0.39, 0.29) is 55.2 Å². The zero-order valence-electron chi connectivity index (χ0n) is 37.0. The summed E-state index contributed by atoms with van der Waals surface area (Å²) in [6, 6.07) is 24.3. The Morgan fingerprint density at radius 2 is 1.49 bits per heavy atom. The molecule has 0 spiro atoms. The van der Waals surface area contributed by atoms with Gasteiger partial charge in [0.05, 0.1) is 37.2 Å². The summed E-state index contributed by atoms with van der Waals surface area (Å²) in [6.45, 7) is 10.9. The quantitative estimate of drug-likeness (QED) is 0.0199. The second-order valence-electron chi connectivity index (χ2n) is 15.7. The van der Waals surface area contributed by atoms with E-state index in [1.165, 1.54) is 17.2 Å². The number of rotatable bonds is 25. The average Bonchev–Trinajstić information content (AvgIpc) is 3.77. The normalized spacial score (nSPS) is 12.5. The van der Waals surface area contributed by atoms with Gasteiger partial charge in [-0.3, -0.25) is 28.8 Å². The van der Waals surface area contributed by atoms with Gasteiger partial charge in [-0.05, 0) is 75.9 Å². The van der Waals surface area contributed by atoms with Crippen molar-refractivity contribution >= 4 is 36.1 Å². The van der Waals surface area contributed by atoms with Crippen LogP contribution in [0.25, 0.3) is 11.3 Å². The molecule has 3 atom stereocenters. The van der Waals surface area contributed by atoms with E-state index in [9.17, 15) is 28.8 Å². The van der Waals surface area contributed by atoms with Crippen molar-refractivity contribution in [1.82, 2.24) is 21.0 Å². The van der Waals surface area contributed by atoms with Gasteiger partial charge in [0.25, 0.3) is 11.8 Å². The molecule has 0 saturated heterocycles. The first kappa shape index (κ1) is 49.2. The highest BCUT2D eigenvalue weighted by Gasteiger charge is 2.33. The summed E-state index contributed by atoms with van der Waals surface area (Å²) < 4.78 is 22.6. The first-order chi connectivity index (χ1) is 30.3. The fourth-order valence-corrected chi connectivity index (χ4v) is 6.63. The summed E-state index contributed by atoms with van der Waals surface area (Å²) in [4.78, 5) is 84.5. The van der Waals surface area contributed by atoms with Gasteiger partial charge in [0.2, 0.25) is 12.3 Å². The Balaban J connectivity index is 1.41. The molecular weight excluding hydrogens is 809 g/mol. The molecule has 0 bridgehead atoms. The molecule has 0 saturated carbocycles. The number of hydroxylamine groups is 2. The molecule has 15 heteroatoms. The molecule has 1 heterocycles. The molecule has 338 valence electrons. The summed E-state index contributed by atoms with van der Waals surface area (Å²) in [5, 5.41) is 9.28. The molecule has 0 aliphatic rings. The fraction of sp³-hybridized carbons (Fsp3) is 0.417. The Bertz CT molecular complexity index is 2100. The van der Waals surface area contributed by atoms with Crippen LogP contribution >= 0.6 is 0 Å². The van der Waals surface area contributed by atoms with Gasteiger partial charge in [0.1, 0.15) is 36.4 Å². The van der Waals surface area contributed by atoms with Crippen LogP contribution in [0, 0.1) is 5.92 Å². The Kier molecular flexibility index (Phi) is 19.4. The smallest absolute Gasteiger partial charge is 0.329 e. The number of carbonyl (C=O) groups is 6. The topological polar surface area (TPSA) is 192 Å². The van der Waals surface area contributed by atoms with Crippen molar-refractivity contribution < 1.29 is 52.2 Å². The molecular formula is C48H60N4O11. The van der Waals surface area contributed by atoms with E-state index >= 15 is 0 Å². The number of amides is 4. The molecule has 0 fully saturated rings. The molecule has 0 aliphatic heterocycles. The fourth-order valence-electron chi connectivity index (χ4n) is 6.63. The third-order valence-electron chi connectivity index (χ3n) is 9.75. The van der Waals surface area contributed by atoms with Gasteiger partial charge in [-0.25, -0.2) is 9.86 Å². The summed E-state index contributed by atoms with van der Waals surface area (Å²) >= 11 is 0. The monoisotopic (exact) mass is 868 g/mol. The van der Waals surface area contributed by atoms with Crippen LogP contribution in [0.2, 0.25) is 0 Å². The molecule has 0 radical (unpaired) electrons. The van der Waals surface area contributed by atoms with E-state index in [4.69, 9.17) is 23.5 Å². The SMILES string of the molecule is CCCCCC(C(=O)NCNC(=O)c1ccc(-c2ccc(C(=O)N[C@@H](CC(=O)OCc3ccccc3)C(=O)OC(C)(C)C)c(OCC)c2)o1)C(CC)N(C=O)OCc1ccccc1. The van der Waals surface area contributed by atoms with Gasteiger partial charge in [0, 0.05) is 5.56 Å². The van der Waals surface area contributed by atoms with Gasteiger partial charge in [0.15, 0.2) is 5.76 Å². The average molecular weight is 869 g/mol. The van der Waals surface area contributed by atoms with Crippen LogP contribution < -0.4 is 20.7 Å². The third-order valence-corrected chi connectivity index (χ3v) is 9.75. The number of unbranched alkanes of at least 4 members (excludes halogenated alkanes) is 2. The number of carbonyl (C=O) groups excluding carboxylic acids is 6. The van der Waals surface area contributed by atoms with Crippen molar-refractivity contribution in [3.05, 3.63) is 113 Å². The molecule has 63 heavy (non-hydrogen) atoms. The zero-order chi connectivity index (χ0) is 45.8. The number of nitrogens with zero attached hydrogens (tertiary/aromatic N) is 1. The van der Waals surface area contributed by atoms with Gasteiger partial charge >= 0.3 is 11.9 Å². The van der Waals surface area contributed by atoms with Gasteiger partial charge in [-0.2, -0.15) is 0 Å². The number of esters is 2. The summed E-state index contributed by atoms with van der Waals surface area (Å²) in [5.74, 6) is -3.33. The molecule has 2 unspecified atom stereocenters. The molecule has 3 N–H and O–H groups in total. The van der Waals surface area contributed by atoms with Crippen molar-refractivity contribution in [2.75, 3.05) is 13.3 Å². The highest BCUT2D eigenvalue weighted by atomic mass is 16.7. The van der Waals surface area contributed by atoms with E-state index in [0.717, 1.165) is 30.4 Å². The minimum Gasteiger partial charge on any atom is -0.493 e. The number of nitrogens with one attached hydrogen (secondary N) is 3. The Morgan fingerprint density at radius 1 is 0.810 bits per heavy atom. The highest BCUT2D eigenvalue weighted by Crippen LogP contribution is 2.30. The number of furan rings is 1. The van der Waals surface area contributed by atoms with Crippen molar-refractivity contribution in [2.45, 2.75) is 111 Å². The predicted octanol–water partition coefficient (Wildman–Crippen LogP) is 7.29. The first-order valence-electron chi connectivity index (χ1n) is 21.3. The van der Waals surface area contributed by atoms with Crippen molar-refractivity contribution in [3.8, 4) is 17.1 Å². The van der Waals surface area contributed by atoms with E-state index < -0.39 is 53.8 Å². The van der Waals surface area contributed by atoms with E-state index in [0.29, 0.717) is 24.8 Å². The number of hydrogen-bond acceptors (Lipinski definition) is 11.